The molecule has 0 unspecified atom stereocenters. The highest BCUT2D eigenvalue weighted by atomic mass is 16.4. The lowest BCUT2D eigenvalue weighted by Gasteiger charge is -2.57. The number of aliphatic hydroxyl groups is 2. The van der Waals surface area contributed by atoms with Gasteiger partial charge < -0.3 is 52.0 Å². The minimum Gasteiger partial charge on any atom is -0.478 e. The van der Waals surface area contributed by atoms with Gasteiger partial charge in [0.05, 0.1) is 24.7 Å². The van der Waals surface area contributed by atoms with Gasteiger partial charge in [-0.1, -0.05) is 42.5 Å². The number of rotatable bonds is 19. The molecule has 1 fully saturated rings. The molecule has 12 heteroatoms. The Morgan fingerprint density at radius 1 is 1.02 bits per heavy atom. The number of aldehydes is 2. The van der Waals surface area contributed by atoms with Gasteiger partial charge in [0.15, 0.2) is 5.96 Å². The number of carbonyl (C=O) groups excluding carboxylic acids is 2. The first-order valence-electron chi connectivity index (χ1n) is 20.8. The Hall–Kier alpha value is -4.78. The van der Waals surface area contributed by atoms with Crippen LogP contribution >= 0.6 is 0 Å². The molecule has 12 nitrogen and oxygen atoms in total. The molecule has 11 atom stereocenters. The van der Waals surface area contributed by atoms with Gasteiger partial charge in [-0.15, -0.1) is 0 Å². The van der Waals surface area contributed by atoms with E-state index >= 15 is 0 Å². The summed E-state index contributed by atoms with van der Waals surface area (Å²) in [7, 11) is 0. The molecule has 0 saturated heterocycles. The second-order valence-corrected chi connectivity index (χ2v) is 16.8. The van der Waals surface area contributed by atoms with Crippen molar-refractivity contribution in [3.63, 3.8) is 0 Å². The molecule has 304 valence electrons. The Balaban J connectivity index is 1.29. The number of carboxylic acids is 1. The standard InChI is InChI=1S/C45H58N6O6/c46-31(10-6-27(24-54)3-2-17-52)11-8-28-9-12-34-33-13-14-35(43(34)42(28)37-21-30-19-26(15-18-53)5-7-29(30)20-36(33)37)44(51-40-4-1-16-48-40)38(23-41(56)57)39-22-32(25-55)49-45(47)50-39/h1,4-5,7,9,12,16,18-21,23-24,27-28,31-35,39,42-44,48,51-52,55H,2-3,6,8,10-11,13-15,17,22,25,46H2,(H,56,57)(H3,47,49,50)/b38-23+/t27-,28-,31-,32-,33+,34+,35+,39+,42-,43+,44-/m1/s1. The summed E-state index contributed by atoms with van der Waals surface area (Å²) in [5, 5.41) is 38.9. The van der Waals surface area contributed by atoms with Gasteiger partial charge in [-0.2, -0.15) is 0 Å². The normalized spacial score (nSPS) is 28.1. The number of allylic oxidation sites excluding steroid dienone is 2. The van der Waals surface area contributed by atoms with Gasteiger partial charge in [0, 0.05) is 37.3 Å². The Labute approximate surface area is 334 Å². The zero-order chi connectivity index (χ0) is 40.1. The number of aromatic nitrogens is 1. The third kappa shape index (κ3) is 8.88. The minimum absolute atomic E-state index is 0.00952. The zero-order valence-electron chi connectivity index (χ0n) is 32.5. The van der Waals surface area contributed by atoms with Crippen LogP contribution in [0, 0.1) is 29.6 Å². The van der Waals surface area contributed by atoms with Gasteiger partial charge in [0.25, 0.3) is 0 Å². The quantitative estimate of drug-likeness (QED) is 0.0467. The van der Waals surface area contributed by atoms with Crippen molar-refractivity contribution < 1.29 is 29.7 Å². The van der Waals surface area contributed by atoms with Crippen molar-refractivity contribution in [2.75, 3.05) is 18.5 Å². The minimum atomic E-state index is -1.06. The summed E-state index contributed by atoms with van der Waals surface area (Å²) in [6, 6.07) is 13.5. The number of nitrogens with two attached hydrogens (primary N) is 2. The number of nitrogens with one attached hydrogen (secondary N) is 3. The summed E-state index contributed by atoms with van der Waals surface area (Å²) in [5.74, 6) is 0.747. The Morgan fingerprint density at radius 2 is 1.86 bits per heavy atom. The molecule has 4 bridgehead atoms. The van der Waals surface area contributed by atoms with Crippen molar-refractivity contribution in [2.24, 2.45) is 46.0 Å². The number of nitrogens with zero attached hydrogens (tertiary/aromatic N) is 1. The van der Waals surface area contributed by atoms with Crippen molar-refractivity contribution in [3.05, 3.63) is 89.2 Å². The monoisotopic (exact) mass is 778 g/mol. The molecule has 2 heterocycles. The van der Waals surface area contributed by atoms with E-state index in [0.29, 0.717) is 43.6 Å². The topological polar surface area (TPSA) is 216 Å². The fourth-order valence-electron chi connectivity index (χ4n) is 10.7. The van der Waals surface area contributed by atoms with Crippen molar-refractivity contribution in [1.29, 1.82) is 0 Å². The van der Waals surface area contributed by atoms with Crippen molar-refractivity contribution in [3.8, 4) is 0 Å². The van der Waals surface area contributed by atoms with Crippen LogP contribution in [0.2, 0.25) is 0 Å². The number of benzene rings is 2. The summed E-state index contributed by atoms with van der Waals surface area (Å²) in [4.78, 5) is 44.0. The molecular weight excluding hydrogens is 721 g/mol. The Bertz CT molecular complexity index is 1980. The molecule has 0 spiro atoms. The lowest BCUT2D eigenvalue weighted by molar-refractivity contribution is -0.131. The molecule has 4 aliphatic rings. The van der Waals surface area contributed by atoms with Gasteiger partial charge in [-0.25, -0.2) is 9.79 Å². The van der Waals surface area contributed by atoms with E-state index in [4.69, 9.17) is 16.5 Å². The fraction of sp³-hybridized carbons (Fsp3) is 0.511. The molecule has 57 heavy (non-hydrogen) atoms. The van der Waals surface area contributed by atoms with Crippen molar-refractivity contribution in [1.82, 2.24) is 10.3 Å². The smallest absolute Gasteiger partial charge is 0.328 e. The molecule has 3 aliphatic carbocycles. The van der Waals surface area contributed by atoms with E-state index in [2.05, 4.69) is 52.0 Å². The summed E-state index contributed by atoms with van der Waals surface area (Å²) in [6.07, 6.45) is 16.8. The maximum Gasteiger partial charge on any atom is 0.328 e. The van der Waals surface area contributed by atoms with Gasteiger partial charge in [-0.3, -0.25) is 0 Å². The van der Waals surface area contributed by atoms with Crippen LogP contribution in [0.25, 0.3) is 10.8 Å². The van der Waals surface area contributed by atoms with Crippen LogP contribution in [0.1, 0.15) is 86.3 Å². The second kappa shape index (κ2) is 18.2. The van der Waals surface area contributed by atoms with Crippen LogP contribution in [0.15, 0.2) is 77.5 Å². The number of carboxylic acid groups (broad SMARTS) is 1. The third-order valence-electron chi connectivity index (χ3n) is 13.3. The van der Waals surface area contributed by atoms with E-state index in [1.54, 1.807) is 0 Å². The number of hydrogen-bond acceptors (Lipinski definition) is 10. The van der Waals surface area contributed by atoms with Crippen LogP contribution in [-0.4, -0.2) is 82.2 Å². The molecule has 3 aromatic rings. The SMILES string of the molecule is NC1=N[C@H](/C(=C\C(=O)O)[C@H](Nc2ccc[nH]2)[C@H]2CC[C@@H]3c4cc5ccc(CC=O)cc5cc4[C@@H]4[C@H]2[C@H]3C=C[C@H]4CC[C@H](N)CC[C@H](C=O)CCCO)C[C@H](CO)N1. The molecule has 0 amide bonds. The number of H-pyrrole nitrogens is 1. The van der Waals surface area contributed by atoms with Crippen LogP contribution in [0.3, 0.4) is 0 Å². The number of aliphatic carboxylic acids is 1. The maximum atomic E-state index is 12.7. The number of carbonyl (C=O) groups is 3. The van der Waals surface area contributed by atoms with Crippen molar-refractivity contribution >= 4 is 41.1 Å². The van der Waals surface area contributed by atoms with E-state index in [-0.39, 0.29) is 66.8 Å². The van der Waals surface area contributed by atoms with Gasteiger partial charge in [0.1, 0.15) is 18.4 Å². The van der Waals surface area contributed by atoms with E-state index in [1.165, 1.54) is 17.2 Å². The number of hydrogen-bond donors (Lipinski definition) is 8. The average molecular weight is 779 g/mol. The summed E-state index contributed by atoms with van der Waals surface area (Å²) < 4.78 is 0. The number of aliphatic imine (C=N–C) groups is 1. The maximum absolute atomic E-state index is 12.7. The van der Waals surface area contributed by atoms with Gasteiger partial charge >= 0.3 is 5.97 Å². The largest absolute Gasteiger partial charge is 0.478 e. The third-order valence-corrected chi connectivity index (χ3v) is 13.3. The first-order chi connectivity index (χ1) is 27.7. The van der Waals surface area contributed by atoms with E-state index in [0.717, 1.165) is 66.8 Å². The highest BCUT2D eigenvalue weighted by molar-refractivity contribution is 5.86. The molecule has 7 rings (SSSR count). The van der Waals surface area contributed by atoms with E-state index < -0.39 is 18.1 Å². The van der Waals surface area contributed by atoms with Gasteiger partial charge in [-0.05, 0) is 138 Å². The molecule has 0 radical (unpaired) electrons. The van der Waals surface area contributed by atoms with E-state index in [1.807, 2.05) is 24.4 Å². The van der Waals surface area contributed by atoms with Crippen LogP contribution in [0.4, 0.5) is 5.82 Å². The van der Waals surface area contributed by atoms with Gasteiger partial charge in [0.2, 0.25) is 0 Å². The zero-order valence-corrected chi connectivity index (χ0v) is 32.5. The highest BCUT2D eigenvalue weighted by Crippen LogP contribution is 2.62. The van der Waals surface area contributed by atoms with E-state index in [9.17, 15) is 29.7 Å². The average Bonchev–Trinajstić information content (AvgIpc) is 3.73. The number of guanidine groups is 1. The number of fused-ring (bicyclic) bond motifs is 4. The molecular formula is C45H58N6O6. The lowest BCUT2D eigenvalue weighted by atomic mass is 9.48. The van der Waals surface area contributed by atoms with Crippen LogP contribution in [0.5, 0.6) is 0 Å². The van der Waals surface area contributed by atoms with Crippen LogP contribution < -0.4 is 22.1 Å². The highest BCUT2D eigenvalue weighted by Gasteiger charge is 2.54. The molecule has 1 aromatic heterocycles. The number of anilines is 1. The second-order valence-electron chi connectivity index (χ2n) is 16.8. The summed E-state index contributed by atoms with van der Waals surface area (Å²) in [5.41, 5.74) is 17.4. The number of aliphatic hydroxyl groups excluding tert-OH is 2. The Morgan fingerprint density at radius 3 is 2.60 bits per heavy atom. The molecule has 2 aromatic carbocycles. The fourth-order valence-corrected chi connectivity index (χ4v) is 10.7. The first kappa shape index (κ1) is 40.4. The molecule has 10 N–H and O–H groups in total. The summed E-state index contributed by atoms with van der Waals surface area (Å²) in [6.45, 7) is -0.0890. The lowest BCUT2D eigenvalue weighted by Crippen LogP contribution is -2.53. The molecule has 1 aliphatic heterocycles. The van der Waals surface area contributed by atoms with Crippen LogP contribution in [-0.2, 0) is 20.8 Å². The predicted octanol–water partition coefficient (Wildman–Crippen LogP) is 4.92. The number of aromatic amines is 1. The Kier molecular flexibility index (Phi) is 12.9. The predicted molar refractivity (Wildman–Crippen MR) is 222 cm³/mol. The summed E-state index contributed by atoms with van der Waals surface area (Å²) >= 11 is 0. The first-order valence-corrected chi connectivity index (χ1v) is 20.8. The molecule has 1 saturated carbocycles. The van der Waals surface area contributed by atoms with Crippen molar-refractivity contribution in [2.45, 2.75) is 100 Å².